The van der Waals surface area contributed by atoms with E-state index >= 15 is 0 Å². The van der Waals surface area contributed by atoms with Crippen LogP contribution in [0.4, 0.5) is 0 Å². The Morgan fingerprint density at radius 3 is 2.38 bits per heavy atom. The quantitative estimate of drug-likeness (QED) is 0.685. The van der Waals surface area contributed by atoms with Gasteiger partial charge in [0, 0.05) is 23.4 Å². The predicted molar refractivity (Wildman–Crippen MR) is 94.4 cm³/mol. The van der Waals surface area contributed by atoms with Gasteiger partial charge in [0.05, 0.1) is 24.4 Å². The lowest BCUT2D eigenvalue weighted by Crippen LogP contribution is -3.11. The van der Waals surface area contributed by atoms with Gasteiger partial charge < -0.3 is 9.74 Å². The number of oxime groups is 1. The smallest absolute Gasteiger partial charge is 0.331 e. The highest BCUT2D eigenvalue weighted by Gasteiger charge is 2.19. The molecule has 1 aliphatic rings. The average molecular weight is 344 g/mol. The fourth-order valence-corrected chi connectivity index (χ4v) is 2.92. The minimum absolute atomic E-state index is 0.446. The van der Waals surface area contributed by atoms with Crippen LogP contribution in [0.5, 0.6) is 0 Å². The molecule has 0 saturated carbocycles. The normalized spacial score (nSPS) is 17.4. The maximum Gasteiger partial charge on any atom is 0.365 e. The third kappa shape index (κ3) is 4.66. The van der Waals surface area contributed by atoms with Crippen LogP contribution in [0.1, 0.15) is 28.8 Å². The zero-order valence-corrected chi connectivity index (χ0v) is 14.1. The molecular weight excluding hydrogens is 324 g/mol. The molecule has 0 aromatic heterocycles. The van der Waals surface area contributed by atoms with E-state index in [4.69, 9.17) is 16.4 Å². The average Bonchev–Trinajstić information content (AvgIpc) is 2.62. The number of carbonyl (C=O) groups excluding carboxylic acids is 1. The predicted octanol–water partition coefficient (Wildman–Crippen LogP) is 2.73. The molecule has 1 N–H and O–H groups in total. The number of hydrogen-bond donors (Lipinski definition) is 1. The Bertz CT molecular complexity index is 704. The van der Waals surface area contributed by atoms with E-state index in [0.717, 1.165) is 38.2 Å². The van der Waals surface area contributed by atoms with Gasteiger partial charge in [0.15, 0.2) is 0 Å². The Hall–Kier alpha value is -2.17. The summed E-state index contributed by atoms with van der Waals surface area (Å²) in [6, 6.07) is 17.1. The monoisotopic (exact) mass is 343 g/mol. The highest BCUT2D eigenvalue weighted by molar-refractivity contribution is 6.30. The van der Waals surface area contributed by atoms with Gasteiger partial charge in [-0.3, -0.25) is 0 Å². The van der Waals surface area contributed by atoms with Crippen molar-refractivity contribution in [1.29, 1.82) is 0 Å². The first-order valence-corrected chi connectivity index (χ1v) is 8.48. The summed E-state index contributed by atoms with van der Waals surface area (Å²) in [5.74, 6) is -0.446. The third-order valence-corrected chi connectivity index (χ3v) is 4.42. The molecule has 0 spiro atoms. The van der Waals surface area contributed by atoms with Crippen LogP contribution in [-0.4, -0.2) is 24.8 Å². The SMILES string of the molecule is O=C(ON=C1CC[NH+](Cc2ccccc2)CC1)c1ccc(Cl)cc1. The Morgan fingerprint density at radius 2 is 1.71 bits per heavy atom. The van der Waals surface area contributed by atoms with E-state index in [1.807, 2.05) is 6.07 Å². The molecule has 1 saturated heterocycles. The standard InChI is InChI=1S/C19H19ClN2O2/c20-17-8-6-16(7-9-17)19(23)24-21-18-10-12-22(13-11-18)14-15-4-2-1-3-5-15/h1-9H,10-14H2/p+1. The molecule has 3 rings (SSSR count). The molecule has 0 amide bonds. The van der Waals surface area contributed by atoms with Crippen molar-refractivity contribution in [2.24, 2.45) is 5.16 Å². The maximum atomic E-state index is 11.9. The lowest BCUT2D eigenvalue weighted by atomic mass is 10.1. The zero-order chi connectivity index (χ0) is 16.8. The zero-order valence-electron chi connectivity index (χ0n) is 13.4. The van der Waals surface area contributed by atoms with Gasteiger partial charge in [0.1, 0.15) is 6.54 Å². The Morgan fingerprint density at radius 1 is 1.04 bits per heavy atom. The van der Waals surface area contributed by atoms with Crippen molar-refractivity contribution < 1.29 is 14.5 Å². The molecule has 0 atom stereocenters. The topological polar surface area (TPSA) is 43.1 Å². The molecular formula is C19H20ClN2O2+. The van der Waals surface area contributed by atoms with E-state index in [1.54, 1.807) is 24.3 Å². The van der Waals surface area contributed by atoms with Crippen molar-refractivity contribution in [1.82, 2.24) is 0 Å². The molecule has 1 fully saturated rings. The van der Waals surface area contributed by atoms with Crippen molar-refractivity contribution >= 4 is 23.3 Å². The van der Waals surface area contributed by atoms with Crippen LogP contribution >= 0.6 is 11.6 Å². The number of benzene rings is 2. The van der Waals surface area contributed by atoms with E-state index in [2.05, 4.69) is 29.4 Å². The molecule has 0 aliphatic carbocycles. The molecule has 2 aromatic carbocycles. The van der Waals surface area contributed by atoms with Gasteiger partial charge in [0.25, 0.3) is 0 Å². The number of hydrogen-bond acceptors (Lipinski definition) is 3. The van der Waals surface area contributed by atoms with E-state index < -0.39 is 5.97 Å². The molecule has 1 heterocycles. The molecule has 0 unspecified atom stereocenters. The lowest BCUT2D eigenvalue weighted by Gasteiger charge is -2.24. The summed E-state index contributed by atoms with van der Waals surface area (Å²) in [5.41, 5.74) is 2.76. The first-order valence-electron chi connectivity index (χ1n) is 8.11. The number of carbonyl (C=O) groups is 1. The van der Waals surface area contributed by atoms with Gasteiger partial charge in [-0.05, 0) is 24.3 Å². The number of nitrogens with one attached hydrogen (secondary N) is 1. The number of halogens is 1. The summed E-state index contributed by atoms with van der Waals surface area (Å²) in [6.07, 6.45) is 1.71. The summed E-state index contributed by atoms with van der Waals surface area (Å²) < 4.78 is 0. The van der Waals surface area contributed by atoms with Gasteiger partial charge in [-0.15, -0.1) is 0 Å². The van der Waals surface area contributed by atoms with Gasteiger partial charge >= 0.3 is 5.97 Å². The molecule has 0 radical (unpaired) electrons. The molecule has 24 heavy (non-hydrogen) atoms. The Balaban J connectivity index is 1.48. The van der Waals surface area contributed by atoms with Crippen LogP contribution in [0.15, 0.2) is 59.8 Å². The molecule has 124 valence electrons. The maximum absolute atomic E-state index is 11.9. The first kappa shape index (κ1) is 16.7. The molecule has 1 aliphatic heterocycles. The lowest BCUT2D eigenvalue weighted by molar-refractivity contribution is -0.914. The van der Waals surface area contributed by atoms with Crippen LogP contribution in [0.25, 0.3) is 0 Å². The second kappa shape index (κ2) is 8.08. The van der Waals surface area contributed by atoms with Crippen LogP contribution in [0, 0.1) is 0 Å². The minimum atomic E-state index is -0.446. The highest BCUT2D eigenvalue weighted by Crippen LogP contribution is 2.11. The molecule has 5 heteroatoms. The van der Waals surface area contributed by atoms with E-state index in [1.165, 1.54) is 10.5 Å². The molecule has 0 bridgehead atoms. The Kier molecular flexibility index (Phi) is 5.62. The van der Waals surface area contributed by atoms with Crippen LogP contribution in [0.3, 0.4) is 0 Å². The third-order valence-electron chi connectivity index (χ3n) is 4.17. The summed E-state index contributed by atoms with van der Waals surface area (Å²) in [4.78, 5) is 18.5. The fraction of sp³-hybridized carbons (Fsp3) is 0.263. The second-order valence-electron chi connectivity index (χ2n) is 5.96. The van der Waals surface area contributed by atoms with Gasteiger partial charge in [0.2, 0.25) is 0 Å². The molecule has 4 nitrogen and oxygen atoms in total. The van der Waals surface area contributed by atoms with Crippen LogP contribution in [-0.2, 0) is 11.4 Å². The number of piperidine rings is 1. The van der Waals surface area contributed by atoms with E-state index in [0.29, 0.717) is 10.6 Å². The summed E-state index contributed by atoms with van der Waals surface area (Å²) in [6.45, 7) is 3.04. The number of quaternary nitrogens is 1. The summed E-state index contributed by atoms with van der Waals surface area (Å²) in [7, 11) is 0. The first-order chi connectivity index (χ1) is 11.7. The minimum Gasteiger partial charge on any atom is -0.331 e. The van der Waals surface area contributed by atoms with Crippen LogP contribution < -0.4 is 4.90 Å². The van der Waals surface area contributed by atoms with E-state index in [9.17, 15) is 4.79 Å². The van der Waals surface area contributed by atoms with Crippen molar-refractivity contribution in [3.63, 3.8) is 0 Å². The van der Waals surface area contributed by atoms with Crippen molar-refractivity contribution in [2.75, 3.05) is 13.1 Å². The number of rotatable bonds is 4. The van der Waals surface area contributed by atoms with Gasteiger partial charge in [-0.2, -0.15) is 0 Å². The van der Waals surface area contributed by atoms with Gasteiger partial charge in [-0.25, -0.2) is 4.79 Å². The summed E-state index contributed by atoms with van der Waals surface area (Å²) >= 11 is 5.80. The van der Waals surface area contributed by atoms with Crippen LogP contribution in [0.2, 0.25) is 5.02 Å². The number of nitrogens with zero attached hydrogens (tertiary/aromatic N) is 1. The largest absolute Gasteiger partial charge is 0.365 e. The van der Waals surface area contributed by atoms with Crippen molar-refractivity contribution in [3.8, 4) is 0 Å². The molecule has 2 aromatic rings. The van der Waals surface area contributed by atoms with Gasteiger partial charge in [-0.1, -0.05) is 47.1 Å². The van der Waals surface area contributed by atoms with Crippen molar-refractivity contribution in [2.45, 2.75) is 19.4 Å². The van der Waals surface area contributed by atoms with Crippen molar-refractivity contribution in [3.05, 3.63) is 70.7 Å². The fourth-order valence-electron chi connectivity index (χ4n) is 2.79. The Labute approximate surface area is 146 Å². The highest BCUT2D eigenvalue weighted by atomic mass is 35.5. The summed E-state index contributed by atoms with van der Waals surface area (Å²) in [5, 5.41) is 4.63. The second-order valence-corrected chi connectivity index (χ2v) is 6.39. The van der Waals surface area contributed by atoms with E-state index in [-0.39, 0.29) is 0 Å². The number of likely N-dealkylation sites (tertiary alicyclic amines) is 1.